The second kappa shape index (κ2) is 7.93. The summed E-state index contributed by atoms with van der Waals surface area (Å²) in [5, 5.41) is 12.9. The molecule has 0 saturated carbocycles. The second-order valence-corrected chi connectivity index (χ2v) is 7.68. The molecule has 146 valence electrons. The molecule has 2 heterocycles. The largest absolute Gasteiger partial charge is 0.507 e. The predicted octanol–water partition coefficient (Wildman–Crippen LogP) is 4.38. The fraction of sp³-hybridized carbons (Fsp3) is 0.130. The van der Waals surface area contributed by atoms with E-state index in [1.807, 2.05) is 47.8 Å². The van der Waals surface area contributed by atoms with Gasteiger partial charge in [-0.25, -0.2) is 0 Å². The fourth-order valence-corrected chi connectivity index (χ4v) is 4.20. The average molecular weight is 405 g/mol. The first-order valence-electron chi connectivity index (χ1n) is 9.10. The van der Waals surface area contributed by atoms with Crippen molar-refractivity contribution in [2.24, 2.45) is 0 Å². The van der Waals surface area contributed by atoms with Crippen molar-refractivity contribution in [1.29, 1.82) is 0 Å². The van der Waals surface area contributed by atoms with Crippen LogP contribution >= 0.6 is 11.3 Å². The summed E-state index contributed by atoms with van der Waals surface area (Å²) in [7, 11) is 1.56. The first kappa shape index (κ1) is 19.0. The van der Waals surface area contributed by atoms with Crippen LogP contribution in [0.25, 0.3) is 5.76 Å². The van der Waals surface area contributed by atoms with Gasteiger partial charge in [-0.05, 0) is 41.3 Å². The van der Waals surface area contributed by atoms with Gasteiger partial charge in [0.2, 0.25) is 0 Å². The van der Waals surface area contributed by atoms with Crippen LogP contribution in [0.5, 0.6) is 5.75 Å². The minimum Gasteiger partial charge on any atom is -0.507 e. The third-order valence-electron chi connectivity index (χ3n) is 4.93. The number of hydrogen-bond donors (Lipinski definition) is 1. The maximum Gasteiger partial charge on any atom is 0.295 e. The molecular formula is C23H19NO4S. The van der Waals surface area contributed by atoms with Gasteiger partial charge >= 0.3 is 0 Å². The van der Waals surface area contributed by atoms with Gasteiger partial charge in [-0.2, -0.15) is 0 Å². The number of benzene rings is 2. The van der Waals surface area contributed by atoms with Gasteiger partial charge in [0, 0.05) is 10.4 Å². The Hall–Kier alpha value is -3.38. The highest BCUT2D eigenvalue weighted by Crippen LogP contribution is 2.40. The van der Waals surface area contributed by atoms with Crippen LogP contribution in [-0.2, 0) is 16.1 Å². The van der Waals surface area contributed by atoms with Crippen LogP contribution in [0, 0.1) is 0 Å². The highest BCUT2D eigenvalue weighted by Gasteiger charge is 2.46. The van der Waals surface area contributed by atoms with Crippen molar-refractivity contribution in [2.45, 2.75) is 12.6 Å². The van der Waals surface area contributed by atoms with Crippen molar-refractivity contribution in [1.82, 2.24) is 4.90 Å². The molecule has 1 aromatic heterocycles. The third-order valence-corrected chi connectivity index (χ3v) is 5.79. The van der Waals surface area contributed by atoms with E-state index in [0.717, 1.165) is 10.4 Å². The van der Waals surface area contributed by atoms with Crippen LogP contribution in [0.15, 0.2) is 77.7 Å². The highest BCUT2D eigenvalue weighted by molar-refractivity contribution is 7.09. The molecular weight excluding hydrogens is 386 g/mol. The molecule has 1 fully saturated rings. The Bertz CT molecular complexity index is 1060. The van der Waals surface area contributed by atoms with Crippen molar-refractivity contribution >= 4 is 28.8 Å². The number of likely N-dealkylation sites (tertiary alicyclic amines) is 1. The molecule has 1 amide bonds. The molecule has 6 heteroatoms. The molecule has 0 radical (unpaired) electrons. The number of amides is 1. The SMILES string of the molecule is COc1ccc(/C(O)=C2/C(=O)C(=O)N(Cc3cccs3)C2c2ccccc2)cc1. The van der Waals surface area contributed by atoms with E-state index in [1.54, 1.807) is 31.4 Å². The van der Waals surface area contributed by atoms with Gasteiger partial charge in [0.05, 0.1) is 25.3 Å². The lowest BCUT2D eigenvalue weighted by molar-refractivity contribution is -0.140. The number of carbonyl (C=O) groups excluding carboxylic acids is 2. The molecule has 1 atom stereocenters. The minimum absolute atomic E-state index is 0.0999. The first-order chi connectivity index (χ1) is 14.1. The van der Waals surface area contributed by atoms with E-state index >= 15 is 0 Å². The topological polar surface area (TPSA) is 66.8 Å². The van der Waals surface area contributed by atoms with Gasteiger partial charge in [-0.1, -0.05) is 36.4 Å². The molecule has 1 unspecified atom stereocenters. The van der Waals surface area contributed by atoms with Gasteiger partial charge in [-0.15, -0.1) is 11.3 Å². The van der Waals surface area contributed by atoms with E-state index in [1.165, 1.54) is 16.2 Å². The predicted molar refractivity (Wildman–Crippen MR) is 112 cm³/mol. The number of hydrogen-bond acceptors (Lipinski definition) is 5. The Balaban J connectivity index is 1.83. The van der Waals surface area contributed by atoms with Gasteiger partial charge in [0.25, 0.3) is 11.7 Å². The van der Waals surface area contributed by atoms with Gasteiger partial charge < -0.3 is 14.7 Å². The number of ketones is 1. The van der Waals surface area contributed by atoms with Gasteiger partial charge in [-0.3, -0.25) is 9.59 Å². The number of aliphatic hydroxyl groups excluding tert-OH is 1. The van der Waals surface area contributed by atoms with E-state index in [4.69, 9.17) is 4.74 Å². The number of aliphatic hydroxyl groups is 1. The molecule has 1 aliphatic heterocycles. The normalized spacial score (nSPS) is 18.2. The van der Waals surface area contributed by atoms with E-state index in [-0.39, 0.29) is 11.3 Å². The summed E-state index contributed by atoms with van der Waals surface area (Å²) in [6.45, 7) is 0.307. The number of rotatable bonds is 5. The molecule has 2 aromatic carbocycles. The number of carbonyl (C=O) groups is 2. The van der Waals surface area contributed by atoms with Crippen LogP contribution in [0.4, 0.5) is 0 Å². The summed E-state index contributed by atoms with van der Waals surface area (Å²) in [5.74, 6) is -0.834. The lowest BCUT2D eigenvalue weighted by Gasteiger charge is -2.24. The van der Waals surface area contributed by atoms with Gasteiger partial charge in [0.1, 0.15) is 11.5 Å². The Kier molecular flexibility index (Phi) is 5.18. The van der Waals surface area contributed by atoms with Crippen molar-refractivity contribution in [2.75, 3.05) is 7.11 Å². The van der Waals surface area contributed by atoms with Gasteiger partial charge in [0.15, 0.2) is 0 Å². The summed E-state index contributed by atoms with van der Waals surface area (Å²) >= 11 is 1.52. The zero-order chi connectivity index (χ0) is 20.4. The molecule has 1 saturated heterocycles. The molecule has 4 rings (SSSR count). The molecule has 0 aliphatic carbocycles. The van der Waals surface area contributed by atoms with Crippen LogP contribution in [0.1, 0.15) is 22.0 Å². The zero-order valence-corrected chi connectivity index (χ0v) is 16.6. The molecule has 1 N–H and O–H groups in total. The Morgan fingerprint density at radius 3 is 2.38 bits per heavy atom. The molecule has 0 bridgehead atoms. The summed E-state index contributed by atoms with van der Waals surface area (Å²) in [5.41, 5.74) is 1.34. The fourth-order valence-electron chi connectivity index (χ4n) is 3.50. The maximum absolute atomic E-state index is 12.9. The molecule has 1 aliphatic rings. The number of methoxy groups -OCH3 is 1. The first-order valence-corrected chi connectivity index (χ1v) is 9.98. The number of nitrogens with zero attached hydrogens (tertiary/aromatic N) is 1. The Morgan fingerprint density at radius 2 is 1.76 bits per heavy atom. The molecule has 29 heavy (non-hydrogen) atoms. The lowest BCUT2D eigenvalue weighted by Crippen LogP contribution is -2.28. The smallest absolute Gasteiger partial charge is 0.295 e. The van der Waals surface area contributed by atoms with E-state index < -0.39 is 17.7 Å². The van der Waals surface area contributed by atoms with Crippen molar-refractivity contribution in [3.05, 3.63) is 93.7 Å². The molecule has 0 spiro atoms. The highest BCUT2D eigenvalue weighted by atomic mass is 32.1. The average Bonchev–Trinajstić information content (AvgIpc) is 3.36. The summed E-state index contributed by atoms with van der Waals surface area (Å²) in [4.78, 5) is 28.3. The van der Waals surface area contributed by atoms with Crippen LogP contribution in [0.2, 0.25) is 0 Å². The molecule has 5 nitrogen and oxygen atoms in total. The maximum atomic E-state index is 12.9. The minimum atomic E-state index is -0.677. The van der Waals surface area contributed by atoms with Crippen LogP contribution < -0.4 is 4.74 Å². The van der Waals surface area contributed by atoms with Crippen LogP contribution in [0.3, 0.4) is 0 Å². The number of thiophene rings is 1. The monoisotopic (exact) mass is 405 g/mol. The van der Waals surface area contributed by atoms with Crippen molar-refractivity contribution in [3.63, 3.8) is 0 Å². The summed E-state index contributed by atoms with van der Waals surface area (Å²) in [6.07, 6.45) is 0. The molecule has 3 aromatic rings. The lowest BCUT2D eigenvalue weighted by atomic mass is 9.95. The Labute approximate surface area is 172 Å². The van der Waals surface area contributed by atoms with E-state index in [0.29, 0.717) is 17.9 Å². The van der Waals surface area contributed by atoms with E-state index in [2.05, 4.69) is 0 Å². The number of ether oxygens (including phenoxy) is 1. The summed E-state index contributed by atoms with van der Waals surface area (Å²) < 4.78 is 5.15. The van der Waals surface area contributed by atoms with Crippen LogP contribution in [-0.4, -0.2) is 28.8 Å². The summed E-state index contributed by atoms with van der Waals surface area (Å²) in [6, 6.07) is 19.2. The quantitative estimate of drug-likeness (QED) is 0.389. The second-order valence-electron chi connectivity index (χ2n) is 6.65. The van der Waals surface area contributed by atoms with Crippen molar-refractivity contribution < 1.29 is 19.4 Å². The zero-order valence-electron chi connectivity index (χ0n) is 15.7. The standard InChI is InChI=1S/C23H19NO4S/c1-28-17-11-9-16(10-12-17)21(25)19-20(15-6-3-2-4-7-15)24(23(27)22(19)26)14-18-8-5-13-29-18/h2-13,20,25H,14H2,1H3/b21-19-. The van der Waals surface area contributed by atoms with E-state index in [9.17, 15) is 14.7 Å². The Morgan fingerprint density at radius 1 is 1.03 bits per heavy atom. The third kappa shape index (κ3) is 3.54. The van der Waals surface area contributed by atoms with Crippen molar-refractivity contribution in [3.8, 4) is 5.75 Å². The number of Topliss-reactive ketones (excluding diaryl/α,β-unsaturated/α-hetero) is 1.